The highest BCUT2D eigenvalue weighted by atomic mass is 15.0. The molecule has 2 nitrogen and oxygen atoms in total. The van der Waals surface area contributed by atoms with Gasteiger partial charge in [-0.15, -0.1) is 0 Å². The van der Waals surface area contributed by atoms with E-state index in [9.17, 15) is 0 Å². The van der Waals surface area contributed by atoms with Crippen LogP contribution in [0, 0.1) is 0 Å². The van der Waals surface area contributed by atoms with E-state index in [2.05, 4.69) is 21.5 Å². The Morgan fingerprint density at radius 3 is 2.43 bits per heavy atom. The summed E-state index contributed by atoms with van der Waals surface area (Å²) < 4.78 is 2.20. The number of pyridine rings is 1. The molecule has 92 valence electrons. The molecule has 0 spiro atoms. The first kappa shape index (κ1) is 11.2. The van der Waals surface area contributed by atoms with Crippen LogP contribution >= 0.6 is 0 Å². The monoisotopic (exact) mass is 262 g/mol. The quantitative estimate of drug-likeness (QED) is 0.389. The molecule has 0 aliphatic carbocycles. The van der Waals surface area contributed by atoms with Crippen molar-refractivity contribution in [3.05, 3.63) is 48.7 Å². The van der Waals surface area contributed by atoms with Gasteiger partial charge in [-0.05, 0) is 18.2 Å². The molecule has 3 aromatic heterocycles. The molecule has 0 aliphatic heterocycles. The second-order valence-corrected chi connectivity index (χ2v) is 5.45. The fourth-order valence-corrected chi connectivity index (χ4v) is 3.40. The molecule has 0 saturated carbocycles. The summed E-state index contributed by atoms with van der Waals surface area (Å²) in [4.78, 5) is 4.56. The van der Waals surface area contributed by atoms with E-state index in [0.29, 0.717) is 0 Å². The van der Waals surface area contributed by atoms with E-state index in [1.807, 2.05) is 36.5 Å². The number of aromatic nitrogens is 2. The molecule has 4 radical (unpaired) electrons. The molecular formula is C17H8B2N2. The van der Waals surface area contributed by atoms with Crippen LogP contribution in [0.15, 0.2) is 48.7 Å². The van der Waals surface area contributed by atoms with Gasteiger partial charge in [-0.3, -0.25) is 4.40 Å². The maximum Gasteiger partial charge on any atom is 0.145 e. The molecule has 0 fully saturated rings. The summed E-state index contributed by atoms with van der Waals surface area (Å²) in [5.74, 6) is 0. The Balaban J connectivity index is 2.26. The van der Waals surface area contributed by atoms with Gasteiger partial charge in [0.05, 0.1) is 11.0 Å². The van der Waals surface area contributed by atoms with Crippen LogP contribution in [-0.4, -0.2) is 25.1 Å². The Hall–Kier alpha value is -2.48. The molecule has 3 heterocycles. The van der Waals surface area contributed by atoms with Crippen molar-refractivity contribution >= 4 is 64.8 Å². The van der Waals surface area contributed by atoms with Crippen molar-refractivity contribution in [2.45, 2.75) is 0 Å². The van der Waals surface area contributed by atoms with Crippen LogP contribution in [0.25, 0.3) is 38.2 Å². The maximum absolute atomic E-state index is 6.11. The number of nitrogens with zero attached hydrogens (tertiary/aromatic N) is 2. The predicted octanol–water partition coefficient (Wildman–Crippen LogP) is 1.82. The summed E-state index contributed by atoms with van der Waals surface area (Å²) in [5.41, 5.74) is 4.76. The predicted molar refractivity (Wildman–Crippen MR) is 89.7 cm³/mol. The Morgan fingerprint density at radius 1 is 0.810 bits per heavy atom. The largest absolute Gasteiger partial charge is 0.293 e. The third-order valence-corrected chi connectivity index (χ3v) is 4.20. The van der Waals surface area contributed by atoms with Crippen molar-refractivity contribution in [3.63, 3.8) is 0 Å². The Morgan fingerprint density at radius 2 is 1.57 bits per heavy atom. The van der Waals surface area contributed by atoms with Crippen LogP contribution in [0.1, 0.15) is 0 Å². The zero-order chi connectivity index (χ0) is 14.1. The smallest absolute Gasteiger partial charge is 0.145 e. The van der Waals surface area contributed by atoms with Crippen molar-refractivity contribution in [2.24, 2.45) is 0 Å². The third kappa shape index (κ3) is 1.28. The first-order valence-corrected chi connectivity index (χ1v) is 6.83. The zero-order valence-corrected chi connectivity index (χ0v) is 11.2. The van der Waals surface area contributed by atoms with E-state index in [-0.39, 0.29) is 0 Å². The highest BCUT2D eigenvalue weighted by molar-refractivity contribution is 6.38. The fraction of sp³-hybridized carbons (Fsp3) is 0. The SMILES string of the molecule is [B]c1ccc2c(c1)c1cc([B])cc3c4cccnc4n2c13. The van der Waals surface area contributed by atoms with Gasteiger partial charge < -0.3 is 0 Å². The van der Waals surface area contributed by atoms with Crippen LogP contribution in [0.5, 0.6) is 0 Å². The van der Waals surface area contributed by atoms with Crippen molar-refractivity contribution in [1.29, 1.82) is 0 Å². The highest BCUT2D eigenvalue weighted by Crippen LogP contribution is 2.36. The molecule has 21 heavy (non-hydrogen) atoms. The number of hydrogen-bond acceptors (Lipinski definition) is 1. The Bertz CT molecular complexity index is 1160. The third-order valence-electron chi connectivity index (χ3n) is 4.20. The van der Waals surface area contributed by atoms with E-state index in [4.69, 9.17) is 15.7 Å². The van der Waals surface area contributed by atoms with Crippen LogP contribution < -0.4 is 10.9 Å². The average molecular weight is 262 g/mol. The van der Waals surface area contributed by atoms with Crippen molar-refractivity contribution in [2.75, 3.05) is 0 Å². The molecule has 0 amide bonds. The molecule has 0 unspecified atom stereocenters. The standard InChI is InChI=1S/C17H8B2N2/c18-9-3-4-15-12(6-9)14-8-10(19)7-13-11-2-1-5-20-17(11)21(15)16(13)14/h1-8H. The normalized spacial score (nSPS) is 12.2. The molecule has 4 heteroatoms. The molecule has 0 saturated heterocycles. The Labute approximate surface area is 123 Å². The van der Waals surface area contributed by atoms with Gasteiger partial charge in [0.25, 0.3) is 0 Å². The molecule has 0 aliphatic rings. The molecule has 0 N–H and O–H groups in total. The lowest BCUT2D eigenvalue weighted by molar-refractivity contribution is 1.27. The molecule has 5 aromatic rings. The van der Waals surface area contributed by atoms with Gasteiger partial charge in [0.1, 0.15) is 21.3 Å². The first-order chi connectivity index (χ1) is 10.2. The summed E-state index contributed by atoms with van der Waals surface area (Å²) in [5, 5.41) is 4.52. The average Bonchev–Trinajstić information content (AvgIpc) is 2.97. The van der Waals surface area contributed by atoms with Crippen LogP contribution in [0.2, 0.25) is 0 Å². The number of fused-ring (bicyclic) bond motifs is 6. The summed E-state index contributed by atoms with van der Waals surface area (Å²) in [6.45, 7) is 0. The number of benzene rings is 2. The van der Waals surface area contributed by atoms with Gasteiger partial charge in [0.15, 0.2) is 0 Å². The minimum absolute atomic E-state index is 0.757. The summed E-state index contributed by atoms with van der Waals surface area (Å²) in [7, 11) is 12.1. The van der Waals surface area contributed by atoms with Crippen molar-refractivity contribution in [1.82, 2.24) is 9.38 Å². The Kier molecular flexibility index (Phi) is 1.91. The van der Waals surface area contributed by atoms with E-state index >= 15 is 0 Å². The summed E-state index contributed by atoms with van der Waals surface area (Å²) in [6.07, 6.45) is 1.82. The van der Waals surface area contributed by atoms with Gasteiger partial charge in [0.2, 0.25) is 0 Å². The zero-order valence-electron chi connectivity index (χ0n) is 11.2. The maximum atomic E-state index is 6.11. The van der Waals surface area contributed by atoms with E-state index < -0.39 is 0 Å². The first-order valence-electron chi connectivity index (χ1n) is 6.83. The molecule has 5 rings (SSSR count). The number of hydrogen-bond donors (Lipinski definition) is 0. The van der Waals surface area contributed by atoms with Gasteiger partial charge in [0, 0.05) is 27.7 Å². The molecule has 0 bridgehead atoms. The molecule has 0 atom stereocenters. The minimum Gasteiger partial charge on any atom is -0.293 e. The van der Waals surface area contributed by atoms with E-state index in [1.165, 1.54) is 5.52 Å². The van der Waals surface area contributed by atoms with Crippen molar-refractivity contribution < 1.29 is 0 Å². The molecular weight excluding hydrogens is 254 g/mol. The fourth-order valence-electron chi connectivity index (χ4n) is 3.40. The lowest BCUT2D eigenvalue weighted by Crippen LogP contribution is -2.01. The van der Waals surface area contributed by atoms with Crippen molar-refractivity contribution in [3.8, 4) is 0 Å². The van der Waals surface area contributed by atoms with Gasteiger partial charge >= 0.3 is 0 Å². The topological polar surface area (TPSA) is 17.3 Å². The lowest BCUT2D eigenvalue weighted by atomic mass is 9.91. The number of rotatable bonds is 0. The van der Waals surface area contributed by atoms with Gasteiger partial charge in [-0.25, -0.2) is 4.98 Å². The second kappa shape index (κ2) is 3.58. The molecule has 2 aromatic carbocycles. The van der Waals surface area contributed by atoms with Gasteiger partial charge in [-0.2, -0.15) is 0 Å². The lowest BCUT2D eigenvalue weighted by Gasteiger charge is -1.99. The van der Waals surface area contributed by atoms with Crippen LogP contribution in [-0.2, 0) is 0 Å². The summed E-state index contributed by atoms with van der Waals surface area (Å²) >= 11 is 0. The van der Waals surface area contributed by atoms with E-state index in [0.717, 1.165) is 43.6 Å². The highest BCUT2D eigenvalue weighted by Gasteiger charge is 2.17. The second-order valence-electron chi connectivity index (χ2n) is 5.45. The van der Waals surface area contributed by atoms with Crippen LogP contribution in [0.4, 0.5) is 0 Å². The minimum atomic E-state index is 0.757. The van der Waals surface area contributed by atoms with Crippen LogP contribution in [0.3, 0.4) is 0 Å². The summed E-state index contributed by atoms with van der Waals surface area (Å²) in [6, 6.07) is 14.1. The van der Waals surface area contributed by atoms with E-state index in [1.54, 1.807) is 0 Å². The van der Waals surface area contributed by atoms with Gasteiger partial charge in [-0.1, -0.05) is 35.2 Å².